The van der Waals surface area contributed by atoms with Crippen molar-refractivity contribution in [2.24, 2.45) is 5.10 Å². The fourth-order valence-electron chi connectivity index (χ4n) is 2.69. The van der Waals surface area contributed by atoms with E-state index in [-0.39, 0.29) is 12.3 Å². The van der Waals surface area contributed by atoms with E-state index in [4.69, 9.17) is 10.00 Å². The molecule has 0 saturated heterocycles. The predicted octanol–water partition coefficient (Wildman–Crippen LogP) is 3.76. The zero-order valence-electron chi connectivity index (χ0n) is 16.9. The first-order chi connectivity index (χ1) is 15.5. The van der Waals surface area contributed by atoms with Gasteiger partial charge in [0.1, 0.15) is 24.6 Å². The molecule has 0 fully saturated rings. The Kier molecular flexibility index (Phi) is 7.65. The van der Waals surface area contributed by atoms with Gasteiger partial charge in [0.25, 0.3) is 0 Å². The molecule has 0 aliphatic rings. The van der Waals surface area contributed by atoms with Crippen LogP contribution in [0.1, 0.15) is 23.1 Å². The average molecular weight is 430 g/mol. The quantitative estimate of drug-likeness (QED) is 0.323. The van der Waals surface area contributed by atoms with E-state index in [1.165, 1.54) is 24.4 Å². The van der Waals surface area contributed by atoms with E-state index in [0.717, 1.165) is 5.56 Å². The van der Waals surface area contributed by atoms with Crippen molar-refractivity contribution >= 4 is 23.7 Å². The summed E-state index contributed by atoms with van der Waals surface area (Å²) in [6, 6.07) is 22.0. The van der Waals surface area contributed by atoms with Gasteiger partial charge in [0.2, 0.25) is 11.8 Å². The third kappa shape index (κ3) is 6.50. The number of nitriles is 1. The van der Waals surface area contributed by atoms with Crippen molar-refractivity contribution < 1.29 is 18.7 Å². The monoisotopic (exact) mass is 430 g/mol. The molecule has 2 amide bonds. The van der Waals surface area contributed by atoms with E-state index in [1.54, 1.807) is 42.5 Å². The number of hydrogen-bond acceptors (Lipinski definition) is 5. The van der Waals surface area contributed by atoms with Crippen LogP contribution in [0, 0.1) is 17.1 Å². The molecule has 8 heteroatoms. The Bertz CT molecular complexity index is 1170. The summed E-state index contributed by atoms with van der Waals surface area (Å²) in [7, 11) is 0. The van der Waals surface area contributed by atoms with Gasteiger partial charge in [-0.05, 0) is 48.0 Å². The first-order valence-electron chi connectivity index (χ1n) is 9.62. The summed E-state index contributed by atoms with van der Waals surface area (Å²) in [5, 5.41) is 15.2. The molecule has 0 aromatic heterocycles. The second-order valence-electron chi connectivity index (χ2n) is 6.62. The lowest BCUT2D eigenvalue weighted by atomic mass is 10.1. The number of halogens is 1. The lowest BCUT2D eigenvalue weighted by Crippen LogP contribution is -2.24. The van der Waals surface area contributed by atoms with E-state index in [1.807, 2.05) is 12.1 Å². The first kappa shape index (κ1) is 22.2. The van der Waals surface area contributed by atoms with Crippen molar-refractivity contribution in [3.8, 4) is 11.8 Å². The second-order valence-corrected chi connectivity index (χ2v) is 6.62. The van der Waals surface area contributed by atoms with E-state index >= 15 is 0 Å². The Hall–Kier alpha value is -4.51. The lowest BCUT2D eigenvalue weighted by molar-refractivity contribution is -0.126. The summed E-state index contributed by atoms with van der Waals surface area (Å²) in [6.07, 6.45) is 0.921. The maximum Gasteiger partial charge on any atom is 0.249 e. The Morgan fingerprint density at radius 3 is 2.47 bits per heavy atom. The molecule has 0 aliphatic carbocycles. The maximum absolute atomic E-state index is 13.5. The van der Waals surface area contributed by atoms with Gasteiger partial charge in [0.15, 0.2) is 0 Å². The van der Waals surface area contributed by atoms with Gasteiger partial charge in [0, 0.05) is 5.56 Å². The zero-order valence-corrected chi connectivity index (χ0v) is 16.9. The first-order valence-corrected chi connectivity index (χ1v) is 9.62. The molecule has 0 bridgehead atoms. The Morgan fingerprint density at radius 1 is 1.00 bits per heavy atom. The normalized spacial score (nSPS) is 10.4. The summed E-state index contributed by atoms with van der Waals surface area (Å²) in [5.41, 5.74) is 4.32. The number of benzene rings is 3. The minimum Gasteiger partial charge on any atom is -0.489 e. The maximum atomic E-state index is 13.5. The fourth-order valence-corrected chi connectivity index (χ4v) is 2.69. The molecule has 160 valence electrons. The fraction of sp³-hybridized carbons (Fsp3) is 0.0833. The van der Waals surface area contributed by atoms with E-state index < -0.39 is 24.1 Å². The molecule has 0 spiro atoms. The number of anilines is 1. The number of hydrogen-bond donors (Lipinski definition) is 2. The molecule has 7 nitrogen and oxygen atoms in total. The number of ether oxygens (including phenoxy) is 1. The van der Waals surface area contributed by atoms with Crippen LogP contribution in [-0.2, 0) is 16.2 Å². The van der Waals surface area contributed by atoms with Gasteiger partial charge in [-0.2, -0.15) is 10.4 Å². The third-order valence-electron chi connectivity index (χ3n) is 4.28. The molecule has 0 aliphatic heterocycles. The van der Waals surface area contributed by atoms with Crippen molar-refractivity contribution in [2.75, 3.05) is 5.32 Å². The molecule has 0 heterocycles. The number of nitrogens with zero attached hydrogens (tertiary/aromatic N) is 2. The average Bonchev–Trinajstić information content (AvgIpc) is 2.80. The van der Waals surface area contributed by atoms with Gasteiger partial charge < -0.3 is 10.1 Å². The number of carbonyl (C=O) groups is 2. The molecule has 3 aromatic rings. The van der Waals surface area contributed by atoms with Crippen molar-refractivity contribution in [3.05, 3.63) is 95.3 Å². The third-order valence-corrected chi connectivity index (χ3v) is 4.28. The molecule has 0 saturated carbocycles. The van der Waals surface area contributed by atoms with Crippen molar-refractivity contribution in [2.45, 2.75) is 13.0 Å². The van der Waals surface area contributed by atoms with Crippen molar-refractivity contribution in [1.29, 1.82) is 5.26 Å². The van der Waals surface area contributed by atoms with E-state index in [2.05, 4.69) is 21.9 Å². The van der Waals surface area contributed by atoms with Gasteiger partial charge >= 0.3 is 0 Å². The van der Waals surface area contributed by atoms with Crippen LogP contribution in [0.4, 0.5) is 10.1 Å². The van der Waals surface area contributed by atoms with Gasteiger partial charge in [-0.15, -0.1) is 0 Å². The summed E-state index contributed by atoms with van der Waals surface area (Å²) in [6.45, 7) is 0.266. The minimum absolute atomic E-state index is 0.00669. The minimum atomic E-state index is -0.651. The molecular weight excluding hydrogens is 411 g/mol. The summed E-state index contributed by atoms with van der Waals surface area (Å²) >= 11 is 0. The highest BCUT2D eigenvalue weighted by molar-refractivity contribution is 6.03. The molecule has 32 heavy (non-hydrogen) atoms. The van der Waals surface area contributed by atoms with Gasteiger partial charge in [-0.25, -0.2) is 9.82 Å². The number of carbonyl (C=O) groups excluding carboxylic acids is 2. The van der Waals surface area contributed by atoms with Crippen molar-refractivity contribution in [1.82, 2.24) is 5.43 Å². The van der Waals surface area contributed by atoms with Crippen LogP contribution in [0.2, 0.25) is 0 Å². The standard InChI is InChI=1S/C24H19FN4O3/c25-21-7-3-4-8-22(21)28-23(30)13-24(31)29-27-15-17-9-11-20(12-10-17)32-16-19-6-2-1-5-18(19)14-26/h1-12,15H,13,16H2,(H,28,30)(H,29,31). The zero-order chi connectivity index (χ0) is 22.8. The van der Waals surface area contributed by atoms with Crippen LogP contribution in [0.5, 0.6) is 5.75 Å². The highest BCUT2D eigenvalue weighted by atomic mass is 19.1. The molecule has 3 aromatic carbocycles. The summed E-state index contributed by atoms with van der Waals surface area (Å²) < 4.78 is 19.2. The molecule has 2 N–H and O–H groups in total. The number of para-hydroxylation sites is 1. The van der Waals surface area contributed by atoms with Crippen LogP contribution in [0.3, 0.4) is 0 Å². The highest BCUT2D eigenvalue weighted by Crippen LogP contribution is 2.15. The Labute approximate surface area is 184 Å². The van der Waals surface area contributed by atoms with Crippen LogP contribution in [0.25, 0.3) is 0 Å². The number of amides is 2. The Morgan fingerprint density at radius 2 is 1.72 bits per heavy atom. The van der Waals surface area contributed by atoms with E-state index in [9.17, 15) is 14.0 Å². The number of nitrogens with one attached hydrogen (secondary N) is 2. The van der Waals surface area contributed by atoms with Gasteiger partial charge in [-0.3, -0.25) is 9.59 Å². The van der Waals surface area contributed by atoms with Crippen LogP contribution >= 0.6 is 0 Å². The molecule has 0 atom stereocenters. The number of rotatable bonds is 8. The summed E-state index contributed by atoms with van der Waals surface area (Å²) in [4.78, 5) is 23.7. The topological polar surface area (TPSA) is 104 Å². The van der Waals surface area contributed by atoms with E-state index in [0.29, 0.717) is 16.9 Å². The second kappa shape index (κ2) is 11.0. The van der Waals surface area contributed by atoms with Crippen LogP contribution in [0.15, 0.2) is 77.9 Å². The van der Waals surface area contributed by atoms with Crippen molar-refractivity contribution in [3.63, 3.8) is 0 Å². The largest absolute Gasteiger partial charge is 0.489 e. The smallest absolute Gasteiger partial charge is 0.249 e. The van der Waals surface area contributed by atoms with Gasteiger partial charge in [-0.1, -0.05) is 30.3 Å². The molecular formula is C24H19FN4O3. The Balaban J connectivity index is 1.45. The number of hydrazone groups is 1. The predicted molar refractivity (Wildman–Crippen MR) is 117 cm³/mol. The van der Waals surface area contributed by atoms with Gasteiger partial charge in [0.05, 0.1) is 23.5 Å². The SMILES string of the molecule is N#Cc1ccccc1COc1ccc(C=NNC(=O)CC(=O)Nc2ccccc2F)cc1. The van der Waals surface area contributed by atoms with Crippen LogP contribution in [-0.4, -0.2) is 18.0 Å². The molecule has 3 rings (SSSR count). The molecule has 0 unspecified atom stereocenters. The molecule has 0 radical (unpaired) electrons. The lowest BCUT2D eigenvalue weighted by Gasteiger charge is -2.07. The van der Waals surface area contributed by atoms with Crippen LogP contribution < -0.4 is 15.5 Å². The highest BCUT2D eigenvalue weighted by Gasteiger charge is 2.11. The summed E-state index contributed by atoms with van der Waals surface area (Å²) in [5.74, 6) is -1.25.